The predicted molar refractivity (Wildman–Crippen MR) is 138 cm³/mol. The SMILES string of the molecule is COc1ccc2c(Cc3cccc(C(=O)NS(=O)(=O)c4ccccc4)n3)c(-c3ccccc3)[nH]c2c1. The molecule has 5 aromatic rings. The van der Waals surface area contributed by atoms with Crippen LogP contribution in [0.25, 0.3) is 22.2 Å². The van der Waals surface area contributed by atoms with E-state index in [1.165, 1.54) is 18.2 Å². The first kappa shape index (κ1) is 23.3. The van der Waals surface area contributed by atoms with Crippen LogP contribution >= 0.6 is 0 Å². The van der Waals surface area contributed by atoms with Crippen LogP contribution in [0.2, 0.25) is 0 Å². The summed E-state index contributed by atoms with van der Waals surface area (Å²) in [6.07, 6.45) is 0.434. The fraction of sp³-hybridized carbons (Fsp3) is 0.0714. The van der Waals surface area contributed by atoms with Gasteiger partial charge in [-0.2, -0.15) is 0 Å². The third kappa shape index (κ3) is 4.71. The molecule has 0 atom stereocenters. The van der Waals surface area contributed by atoms with E-state index in [0.29, 0.717) is 12.1 Å². The summed E-state index contributed by atoms with van der Waals surface area (Å²) < 4.78 is 32.7. The molecule has 5 rings (SSSR count). The minimum atomic E-state index is -4.01. The Labute approximate surface area is 208 Å². The number of pyridine rings is 1. The lowest BCUT2D eigenvalue weighted by Crippen LogP contribution is -2.31. The fourth-order valence-electron chi connectivity index (χ4n) is 4.12. The van der Waals surface area contributed by atoms with E-state index in [1.54, 1.807) is 31.4 Å². The van der Waals surface area contributed by atoms with Crippen molar-refractivity contribution < 1.29 is 17.9 Å². The van der Waals surface area contributed by atoms with Crippen molar-refractivity contribution in [3.63, 3.8) is 0 Å². The highest BCUT2D eigenvalue weighted by Crippen LogP contribution is 2.33. The number of nitrogens with zero attached hydrogens (tertiary/aromatic N) is 1. The Hall–Kier alpha value is -4.43. The molecule has 0 aliphatic rings. The smallest absolute Gasteiger partial charge is 0.283 e. The summed E-state index contributed by atoms with van der Waals surface area (Å²) in [6.45, 7) is 0. The zero-order valence-corrected chi connectivity index (χ0v) is 20.2. The highest BCUT2D eigenvalue weighted by Gasteiger charge is 2.20. The zero-order valence-electron chi connectivity index (χ0n) is 19.4. The van der Waals surface area contributed by atoms with E-state index in [4.69, 9.17) is 4.74 Å². The van der Waals surface area contributed by atoms with Gasteiger partial charge in [0, 0.05) is 29.1 Å². The molecule has 0 saturated heterocycles. The largest absolute Gasteiger partial charge is 0.497 e. The van der Waals surface area contributed by atoms with E-state index in [1.807, 2.05) is 54.6 Å². The normalized spacial score (nSPS) is 11.4. The Balaban J connectivity index is 1.49. The predicted octanol–water partition coefficient (Wildman–Crippen LogP) is 4.95. The number of methoxy groups -OCH3 is 1. The fourth-order valence-corrected chi connectivity index (χ4v) is 5.10. The first-order valence-electron chi connectivity index (χ1n) is 11.3. The molecule has 0 aliphatic heterocycles. The highest BCUT2D eigenvalue weighted by atomic mass is 32.2. The Bertz CT molecular complexity index is 1650. The summed E-state index contributed by atoms with van der Waals surface area (Å²) in [4.78, 5) is 20.8. The summed E-state index contributed by atoms with van der Waals surface area (Å²) in [6, 6.07) is 28.6. The number of carbonyl (C=O) groups excluding carboxylic acids is 1. The van der Waals surface area contributed by atoms with Crippen LogP contribution in [-0.4, -0.2) is 31.4 Å². The lowest BCUT2D eigenvalue weighted by Gasteiger charge is -2.09. The van der Waals surface area contributed by atoms with Crippen LogP contribution in [0.1, 0.15) is 21.7 Å². The van der Waals surface area contributed by atoms with Crippen molar-refractivity contribution in [3.8, 4) is 17.0 Å². The molecule has 0 saturated carbocycles. The van der Waals surface area contributed by atoms with Gasteiger partial charge in [-0.1, -0.05) is 54.6 Å². The molecular formula is C28H23N3O4S. The minimum Gasteiger partial charge on any atom is -0.497 e. The minimum absolute atomic E-state index is 0.0104. The molecule has 8 heteroatoms. The van der Waals surface area contributed by atoms with Crippen LogP contribution in [0.4, 0.5) is 0 Å². The number of benzene rings is 3. The number of aromatic amines is 1. The lowest BCUT2D eigenvalue weighted by molar-refractivity contribution is 0.0976. The van der Waals surface area contributed by atoms with Crippen molar-refractivity contribution in [1.82, 2.24) is 14.7 Å². The van der Waals surface area contributed by atoms with E-state index >= 15 is 0 Å². The van der Waals surface area contributed by atoms with Crippen molar-refractivity contribution in [2.75, 3.05) is 7.11 Å². The van der Waals surface area contributed by atoms with Gasteiger partial charge in [-0.3, -0.25) is 4.79 Å². The maximum absolute atomic E-state index is 12.8. The molecule has 2 aromatic heterocycles. The first-order chi connectivity index (χ1) is 17.4. The van der Waals surface area contributed by atoms with Gasteiger partial charge < -0.3 is 9.72 Å². The van der Waals surface area contributed by atoms with Crippen molar-refractivity contribution in [3.05, 3.63) is 114 Å². The van der Waals surface area contributed by atoms with Crippen molar-refractivity contribution in [1.29, 1.82) is 0 Å². The standard InChI is InChI=1S/C28H23N3O4S/c1-35-21-15-16-23-24(27(30-26(23)18-21)19-9-4-2-5-10-19)17-20-11-8-14-25(29-20)28(32)31-36(33,34)22-12-6-3-7-13-22/h2-16,18,30H,17H2,1H3,(H,31,32). The number of hydrogen-bond donors (Lipinski definition) is 2. The second-order valence-corrected chi connectivity index (χ2v) is 9.88. The van der Waals surface area contributed by atoms with Gasteiger partial charge in [0.05, 0.1) is 17.7 Å². The maximum atomic E-state index is 12.8. The molecule has 3 aromatic carbocycles. The molecule has 2 N–H and O–H groups in total. The van der Waals surface area contributed by atoms with Crippen molar-refractivity contribution in [2.45, 2.75) is 11.3 Å². The summed E-state index contributed by atoms with van der Waals surface area (Å²) in [5, 5.41) is 1.01. The summed E-state index contributed by atoms with van der Waals surface area (Å²) >= 11 is 0. The molecule has 0 bridgehead atoms. The number of amides is 1. The Morgan fingerprint density at radius 3 is 2.36 bits per heavy atom. The summed E-state index contributed by atoms with van der Waals surface area (Å²) in [7, 11) is -2.38. The number of H-pyrrole nitrogens is 1. The number of nitrogens with one attached hydrogen (secondary N) is 2. The third-order valence-corrected chi connectivity index (χ3v) is 7.20. The van der Waals surface area contributed by atoms with Gasteiger partial charge in [0.25, 0.3) is 15.9 Å². The van der Waals surface area contributed by atoms with E-state index in [9.17, 15) is 13.2 Å². The van der Waals surface area contributed by atoms with Crippen LogP contribution < -0.4 is 9.46 Å². The van der Waals surface area contributed by atoms with Crippen LogP contribution in [-0.2, 0) is 16.4 Å². The van der Waals surface area contributed by atoms with E-state index in [-0.39, 0.29) is 10.6 Å². The van der Waals surface area contributed by atoms with Gasteiger partial charge in [0.2, 0.25) is 0 Å². The molecular weight excluding hydrogens is 474 g/mol. The van der Waals surface area contributed by atoms with Crippen LogP contribution in [0, 0.1) is 0 Å². The maximum Gasteiger partial charge on any atom is 0.283 e. The van der Waals surface area contributed by atoms with Crippen molar-refractivity contribution in [2.24, 2.45) is 0 Å². The number of aromatic nitrogens is 2. The van der Waals surface area contributed by atoms with Crippen LogP contribution in [0.15, 0.2) is 102 Å². The van der Waals surface area contributed by atoms with E-state index < -0.39 is 15.9 Å². The number of sulfonamides is 1. The molecule has 0 unspecified atom stereocenters. The third-order valence-electron chi connectivity index (χ3n) is 5.85. The van der Waals surface area contributed by atoms with E-state index in [0.717, 1.165) is 33.5 Å². The average molecular weight is 498 g/mol. The molecule has 0 radical (unpaired) electrons. The topological polar surface area (TPSA) is 101 Å². The molecule has 2 heterocycles. The second-order valence-electron chi connectivity index (χ2n) is 8.19. The first-order valence-corrected chi connectivity index (χ1v) is 12.7. The van der Waals surface area contributed by atoms with Gasteiger partial charge in [0.15, 0.2) is 0 Å². The molecule has 36 heavy (non-hydrogen) atoms. The van der Waals surface area contributed by atoms with Crippen LogP contribution in [0.5, 0.6) is 5.75 Å². The average Bonchev–Trinajstić information content (AvgIpc) is 3.27. The van der Waals surface area contributed by atoms with Gasteiger partial charge >= 0.3 is 0 Å². The number of ether oxygens (including phenoxy) is 1. The molecule has 0 fully saturated rings. The number of hydrogen-bond acceptors (Lipinski definition) is 5. The Kier molecular flexibility index (Phi) is 6.26. The molecule has 7 nitrogen and oxygen atoms in total. The number of rotatable bonds is 7. The number of carbonyl (C=O) groups is 1. The monoisotopic (exact) mass is 497 g/mol. The quantitative estimate of drug-likeness (QED) is 0.331. The zero-order chi connectivity index (χ0) is 25.1. The molecule has 0 aliphatic carbocycles. The molecule has 180 valence electrons. The Morgan fingerprint density at radius 2 is 1.64 bits per heavy atom. The van der Waals surface area contributed by atoms with Gasteiger partial charge in [-0.15, -0.1) is 0 Å². The van der Waals surface area contributed by atoms with Gasteiger partial charge in [0.1, 0.15) is 11.4 Å². The second kappa shape index (κ2) is 9.67. The molecule has 0 spiro atoms. The Morgan fingerprint density at radius 1 is 0.917 bits per heavy atom. The summed E-state index contributed by atoms with van der Waals surface area (Å²) in [5.41, 5.74) is 4.56. The van der Waals surface area contributed by atoms with E-state index in [2.05, 4.69) is 14.7 Å². The van der Waals surface area contributed by atoms with Crippen LogP contribution in [0.3, 0.4) is 0 Å². The van der Waals surface area contributed by atoms with Gasteiger partial charge in [-0.05, 0) is 47.5 Å². The lowest BCUT2D eigenvalue weighted by atomic mass is 10.0. The van der Waals surface area contributed by atoms with Gasteiger partial charge in [-0.25, -0.2) is 18.1 Å². The number of fused-ring (bicyclic) bond motifs is 1. The highest BCUT2D eigenvalue weighted by molar-refractivity contribution is 7.90. The summed E-state index contributed by atoms with van der Waals surface area (Å²) in [5.74, 6) is -0.0426. The molecule has 1 amide bonds. The van der Waals surface area contributed by atoms with Crippen molar-refractivity contribution >= 4 is 26.8 Å².